The Kier molecular flexibility index (Phi) is 6.50. The van der Waals surface area contributed by atoms with Crippen molar-refractivity contribution >= 4 is 5.91 Å². The van der Waals surface area contributed by atoms with Gasteiger partial charge in [-0.1, -0.05) is 12.1 Å². The highest BCUT2D eigenvalue weighted by molar-refractivity contribution is 5.95. The predicted octanol–water partition coefficient (Wildman–Crippen LogP) is 2.31. The maximum absolute atomic E-state index is 12.2. The fraction of sp³-hybridized carbons (Fsp3) is 0.353. The van der Waals surface area contributed by atoms with E-state index in [-0.39, 0.29) is 5.91 Å². The van der Waals surface area contributed by atoms with Gasteiger partial charge in [-0.2, -0.15) is 0 Å². The lowest BCUT2D eigenvalue weighted by Gasteiger charge is -2.07. The van der Waals surface area contributed by atoms with E-state index in [9.17, 15) is 4.79 Å². The Bertz CT molecular complexity index is 629. The van der Waals surface area contributed by atoms with Crippen molar-refractivity contribution in [3.05, 3.63) is 42.0 Å². The lowest BCUT2D eigenvalue weighted by atomic mass is 10.1. The second-order valence-electron chi connectivity index (χ2n) is 4.85. The highest BCUT2D eigenvalue weighted by atomic mass is 16.5. The Morgan fingerprint density at radius 3 is 2.78 bits per heavy atom. The van der Waals surface area contributed by atoms with Gasteiger partial charge < -0.3 is 14.8 Å². The van der Waals surface area contributed by atoms with E-state index in [1.165, 1.54) is 0 Å². The molecule has 0 bridgehead atoms. The Balaban J connectivity index is 1.99. The number of benzene rings is 1. The zero-order chi connectivity index (χ0) is 16.5. The molecule has 23 heavy (non-hydrogen) atoms. The Morgan fingerprint density at radius 2 is 2.09 bits per heavy atom. The molecule has 0 fully saturated rings. The molecular weight excluding hydrogens is 294 g/mol. The van der Waals surface area contributed by atoms with Crippen LogP contribution >= 0.6 is 0 Å². The minimum atomic E-state index is -0.107. The zero-order valence-corrected chi connectivity index (χ0v) is 13.4. The fourth-order valence-electron chi connectivity index (χ4n) is 2.03. The summed E-state index contributed by atoms with van der Waals surface area (Å²) in [7, 11) is 1.54. The summed E-state index contributed by atoms with van der Waals surface area (Å²) in [5.41, 5.74) is 2.12. The Morgan fingerprint density at radius 1 is 1.22 bits per heavy atom. The Hall–Kier alpha value is -2.47. The molecular formula is C17H21N3O3. The van der Waals surface area contributed by atoms with Gasteiger partial charge >= 0.3 is 0 Å². The van der Waals surface area contributed by atoms with Crippen LogP contribution in [0.25, 0.3) is 11.3 Å². The predicted molar refractivity (Wildman–Crippen MR) is 87.5 cm³/mol. The lowest BCUT2D eigenvalue weighted by molar-refractivity contribution is 0.0944. The fourth-order valence-corrected chi connectivity index (χ4v) is 2.03. The van der Waals surface area contributed by atoms with Crippen molar-refractivity contribution in [2.45, 2.75) is 13.3 Å². The number of rotatable bonds is 8. The molecule has 0 unspecified atom stereocenters. The van der Waals surface area contributed by atoms with Crippen molar-refractivity contribution in [2.75, 3.05) is 26.9 Å². The number of amides is 1. The summed E-state index contributed by atoms with van der Waals surface area (Å²) in [5, 5.41) is 10.9. The summed E-state index contributed by atoms with van der Waals surface area (Å²) >= 11 is 0. The topological polar surface area (TPSA) is 73.3 Å². The molecule has 0 aliphatic heterocycles. The van der Waals surface area contributed by atoms with E-state index >= 15 is 0 Å². The highest BCUT2D eigenvalue weighted by Crippen LogP contribution is 2.19. The number of methoxy groups -OCH3 is 1. The summed E-state index contributed by atoms with van der Waals surface area (Å²) in [5.74, 6) is 0.349. The smallest absolute Gasteiger partial charge is 0.251 e. The number of hydrogen-bond acceptors (Lipinski definition) is 5. The third-order valence-corrected chi connectivity index (χ3v) is 3.22. The van der Waals surface area contributed by atoms with Crippen LogP contribution in [-0.2, 0) is 4.74 Å². The van der Waals surface area contributed by atoms with Crippen LogP contribution in [-0.4, -0.2) is 43.0 Å². The maximum atomic E-state index is 12.2. The molecule has 0 aliphatic carbocycles. The van der Waals surface area contributed by atoms with Crippen LogP contribution in [0.3, 0.4) is 0 Å². The number of nitrogens with one attached hydrogen (secondary N) is 1. The summed E-state index contributed by atoms with van der Waals surface area (Å²) < 4.78 is 10.2. The van der Waals surface area contributed by atoms with E-state index in [0.717, 1.165) is 12.0 Å². The van der Waals surface area contributed by atoms with Crippen LogP contribution in [0.4, 0.5) is 0 Å². The first kappa shape index (κ1) is 16.9. The van der Waals surface area contributed by atoms with Crippen molar-refractivity contribution in [3.8, 4) is 17.1 Å². The molecule has 6 heteroatoms. The van der Waals surface area contributed by atoms with Crippen LogP contribution in [0.2, 0.25) is 0 Å². The molecule has 0 radical (unpaired) electrons. The minimum absolute atomic E-state index is 0.107. The molecule has 0 saturated carbocycles. The maximum Gasteiger partial charge on any atom is 0.251 e. The van der Waals surface area contributed by atoms with Crippen LogP contribution in [0.1, 0.15) is 23.7 Å². The van der Waals surface area contributed by atoms with Gasteiger partial charge in [0, 0.05) is 37.0 Å². The molecule has 122 valence electrons. The molecule has 1 N–H and O–H groups in total. The lowest BCUT2D eigenvalue weighted by Crippen LogP contribution is -2.25. The second-order valence-corrected chi connectivity index (χ2v) is 4.85. The molecule has 1 aromatic heterocycles. The Labute approximate surface area is 135 Å². The first-order valence-electron chi connectivity index (χ1n) is 7.58. The van der Waals surface area contributed by atoms with E-state index in [4.69, 9.17) is 9.47 Å². The highest BCUT2D eigenvalue weighted by Gasteiger charge is 2.08. The van der Waals surface area contributed by atoms with Crippen molar-refractivity contribution < 1.29 is 14.3 Å². The van der Waals surface area contributed by atoms with Gasteiger partial charge in [0.1, 0.15) is 0 Å². The number of carbonyl (C=O) groups is 1. The van der Waals surface area contributed by atoms with E-state index in [1.54, 1.807) is 25.3 Å². The molecule has 1 heterocycles. The van der Waals surface area contributed by atoms with E-state index in [2.05, 4.69) is 15.5 Å². The average Bonchev–Trinajstić information content (AvgIpc) is 2.61. The quantitative estimate of drug-likeness (QED) is 0.757. The van der Waals surface area contributed by atoms with Crippen LogP contribution in [0, 0.1) is 0 Å². The number of nitrogens with zero attached hydrogens (tertiary/aromatic N) is 2. The van der Waals surface area contributed by atoms with E-state index in [0.29, 0.717) is 36.9 Å². The average molecular weight is 315 g/mol. The first-order chi connectivity index (χ1) is 11.2. The molecule has 0 spiro atoms. The number of ether oxygens (including phenoxy) is 2. The number of aromatic nitrogens is 2. The van der Waals surface area contributed by atoms with Crippen molar-refractivity contribution in [1.29, 1.82) is 0 Å². The van der Waals surface area contributed by atoms with Crippen molar-refractivity contribution in [3.63, 3.8) is 0 Å². The van der Waals surface area contributed by atoms with E-state index in [1.807, 2.05) is 25.1 Å². The van der Waals surface area contributed by atoms with Gasteiger partial charge in [-0.3, -0.25) is 4.79 Å². The SMILES string of the molecule is CCOCCCNC(=O)c1cccc(-c2ccc(OC)nn2)c1. The number of carbonyl (C=O) groups excluding carboxylic acids is 1. The molecule has 2 aromatic rings. The van der Waals surface area contributed by atoms with Crippen LogP contribution in [0.5, 0.6) is 5.88 Å². The summed E-state index contributed by atoms with van der Waals surface area (Å²) in [6.07, 6.45) is 0.795. The minimum Gasteiger partial charge on any atom is -0.480 e. The summed E-state index contributed by atoms with van der Waals surface area (Å²) in [6.45, 7) is 3.88. The molecule has 1 aromatic carbocycles. The van der Waals surface area contributed by atoms with Gasteiger partial charge in [0.2, 0.25) is 5.88 Å². The monoisotopic (exact) mass is 315 g/mol. The molecule has 0 saturated heterocycles. The third-order valence-electron chi connectivity index (χ3n) is 3.22. The van der Waals surface area contributed by atoms with Gasteiger partial charge in [0.15, 0.2) is 0 Å². The van der Waals surface area contributed by atoms with Gasteiger partial charge in [0.25, 0.3) is 5.91 Å². The van der Waals surface area contributed by atoms with Crippen molar-refractivity contribution in [2.24, 2.45) is 0 Å². The number of hydrogen-bond donors (Lipinski definition) is 1. The van der Waals surface area contributed by atoms with Crippen LogP contribution < -0.4 is 10.1 Å². The summed E-state index contributed by atoms with van der Waals surface area (Å²) in [4.78, 5) is 12.2. The van der Waals surface area contributed by atoms with E-state index < -0.39 is 0 Å². The zero-order valence-electron chi connectivity index (χ0n) is 13.4. The standard InChI is InChI=1S/C17H21N3O3/c1-3-23-11-5-10-18-17(21)14-7-4-6-13(12-14)15-8-9-16(22-2)20-19-15/h4,6-9,12H,3,5,10-11H2,1-2H3,(H,18,21). The first-order valence-corrected chi connectivity index (χ1v) is 7.58. The molecule has 1 amide bonds. The van der Waals surface area contributed by atoms with Crippen LogP contribution in [0.15, 0.2) is 36.4 Å². The molecule has 0 aliphatic rings. The van der Waals surface area contributed by atoms with Crippen molar-refractivity contribution in [1.82, 2.24) is 15.5 Å². The van der Waals surface area contributed by atoms with Gasteiger partial charge in [-0.05, 0) is 31.5 Å². The van der Waals surface area contributed by atoms with Gasteiger partial charge in [-0.25, -0.2) is 0 Å². The molecule has 0 atom stereocenters. The molecule has 6 nitrogen and oxygen atoms in total. The second kappa shape index (κ2) is 8.85. The third kappa shape index (κ3) is 5.03. The normalized spacial score (nSPS) is 10.3. The summed E-state index contributed by atoms with van der Waals surface area (Å²) in [6, 6.07) is 10.8. The largest absolute Gasteiger partial charge is 0.480 e. The molecule has 2 rings (SSSR count). The van der Waals surface area contributed by atoms with Gasteiger partial charge in [0.05, 0.1) is 12.8 Å². The van der Waals surface area contributed by atoms with Gasteiger partial charge in [-0.15, -0.1) is 10.2 Å².